The summed E-state index contributed by atoms with van der Waals surface area (Å²) >= 11 is 6.25. The molecule has 0 spiro atoms. The summed E-state index contributed by atoms with van der Waals surface area (Å²) in [5.74, 6) is -2.18. The van der Waals surface area contributed by atoms with E-state index in [0.717, 1.165) is 0 Å². The van der Waals surface area contributed by atoms with Gasteiger partial charge in [0.05, 0.1) is 38.2 Å². The fraction of sp³-hybridized carbons (Fsp3) is 0.444. The van der Waals surface area contributed by atoms with Gasteiger partial charge >= 0.3 is 6.01 Å². The van der Waals surface area contributed by atoms with Gasteiger partial charge in [0.25, 0.3) is 5.92 Å². The van der Waals surface area contributed by atoms with Crippen LogP contribution >= 0.6 is 11.6 Å². The average molecular weight is 425 g/mol. The van der Waals surface area contributed by atoms with Crippen molar-refractivity contribution in [1.29, 1.82) is 0 Å². The number of ether oxygens (including phenoxy) is 2. The zero-order valence-electron chi connectivity index (χ0n) is 16.3. The van der Waals surface area contributed by atoms with E-state index in [1.807, 2.05) is 0 Å². The molecule has 11 heteroatoms. The Morgan fingerprint density at radius 2 is 1.86 bits per heavy atom. The van der Waals surface area contributed by atoms with Crippen LogP contribution in [0.25, 0.3) is 16.9 Å². The molecular weight excluding hydrogens is 406 g/mol. The van der Waals surface area contributed by atoms with Gasteiger partial charge in [-0.1, -0.05) is 25.4 Å². The first-order valence-corrected chi connectivity index (χ1v) is 9.17. The normalized spacial score (nSPS) is 17.7. The smallest absolute Gasteiger partial charge is 0.319 e. The van der Waals surface area contributed by atoms with Gasteiger partial charge in [0.15, 0.2) is 5.65 Å². The van der Waals surface area contributed by atoms with Crippen LogP contribution in [-0.2, 0) is 0 Å². The van der Waals surface area contributed by atoms with Crippen LogP contribution in [0.15, 0.2) is 18.5 Å². The van der Waals surface area contributed by atoms with Crippen molar-refractivity contribution in [1.82, 2.24) is 24.6 Å². The first kappa shape index (κ1) is 19.6. The lowest BCUT2D eigenvalue weighted by molar-refractivity contribution is -0.0643. The summed E-state index contributed by atoms with van der Waals surface area (Å²) in [5, 5.41) is 4.51. The molecule has 0 amide bonds. The predicted molar refractivity (Wildman–Crippen MR) is 103 cm³/mol. The average Bonchev–Trinajstić information content (AvgIpc) is 3.16. The van der Waals surface area contributed by atoms with Crippen LogP contribution in [0, 0.1) is 5.41 Å². The molecule has 3 aromatic heterocycles. The lowest BCUT2D eigenvalue weighted by atomic mass is 9.89. The van der Waals surface area contributed by atoms with E-state index in [2.05, 4.69) is 20.1 Å². The Morgan fingerprint density at radius 3 is 2.48 bits per heavy atom. The molecule has 0 radical (unpaired) electrons. The molecule has 0 unspecified atom stereocenters. The maximum absolute atomic E-state index is 14.5. The quantitative estimate of drug-likeness (QED) is 0.635. The van der Waals surface area contributed by atoms with Crippen molar-refractivity contribution in [3.63, 3.8) is 0 Å². The van der Waals surface area contributed by atoms with E-state index in [1.54, 1.807) is 24.8 Å². The first-order valence-electron chi connectivity index (χ1n) is 8.79. The highest BCUT2D eigenvalue weighted by Crippen LogP contribution is 2.45. The summed E-state index contributed by atoms with van der Waals surface area (Å²) in [5.41, 5.74) is 0.0349. The number of hydrogen-bond donors (Lipinski definition) is 0. The summed E-state index contributed by atoms with van der Waals surface area (Å²) < 4.78 is 40.9. The van der Waals surface area contributed by atoms with E-state index in [9.17, 15) is 8.78 Å². The Bertz CT molecular complexity index is 1070. The number of rotatable bonds is 4. The van der Waals surface area contributed by atoms with Crippen molar-refractivity contribution in [2.75, 3.05) is 32.2 Å². The fourth-order valence-electron chi connectivity index (χ4n) is 3.33. The van der Waals surface area contributed by atoms with E-state index in [-0.39, 0.29) is 18.4 Å². The van der Waals surface area contributed by atoms with Gasteiger partial charge in [0.1, 0.15) is 10.8 Å². The van der Waals surface area contributed by atoms with E-state index >= 15 is 0 Å². The molecule has 8 nitrogen and oxygen atoms in total. The molecule has 4 rings (SSSR count). The number of halogens is 3. The molecule has 1 fully saturated rings. The number of methoxy groups -OCH3 is 2. The van der Waals surface area contributed by atoms with Crippen molar-refractivity contribution in [3.8, 4) is 23.1 Å². The molecule has 3 aromatic rings. The lowest BCUT2D eigenvalue weighted by Crippen LogP contribution is -2.34. The Labute approximate surface area is 170 Å². The van der Waals surface area contributed by atoms with Crippen LogP contribution in [0.5, 0.6) is 11.9 Å². The maximum Gasteiger partial charge on any atom is 0.319 e. The van der Waals surface area contributed by atoms with Crippen molar-refractivity contribution >= 4 is 23.1 Å². The number of anilines is 1. The molecule has 0 atom stereocenters. The van der Waals surface area contributed by atoms with Crippen LogP contribution in [0.3, 0.4) is 0 Å². The number of alkyl halides is 2. The van der Waals surface area contributed by atoms with E-state index in [0.29, 0.717) is 27.7 Å². The Morgan fingerprint density at radius 1 is 1.10 bits per heavy atom. The summed E-state index contributed by atoms with van der Waals surface area (Å²) in [6.07, 6.45) is 2.93. The molecular formula is C18H19ClF2N6O2. The Balaban J connectivity index is 1.90. The summed E-state index contributed by atoms with van der Waals surface area (Å²) in [6, 6.07) is 1.79. The third-order valence-electron chi connectivity index (χ3n) is 5.08. The van der Waals surface area contributed by atoms with E-state index in [4.69, 9.17) is 21.1 Å². The SMILES string of the molecule is COc1ncc(-c2cc(N3CC(C)(C)C(F)(F)C3)n3ncc(Cl)c3n2)c(OC)n1. The van der Waals surface area contributed by atoms with Gasteiger partial charge in [0.2, 0.25) is 5.88 Å². The van der Waals surface area contributed by atoms with Crippen LogP contribution in [0.1, 0.15) is 13.8 Å². The van der Waals surface area contributed by atoms with Gasteiger partial charge in [-0.15, -0.1) is 0 Å². The molecule has 0 saturated carbocycles. The zero-order chi connectivity index (χ0) is 21.0. The van der Waals surface area contributed by atoms with Gasteiger partial charge in [-0.25, -0.2) is 18.7 Å². The Kier molecular flexibility index (Phi) is 4.49. The number of aromatic nitrogens is 5. The van der Waals surface area contributed by atoms with Crippen molar-refractivity contribution in [3.05, 3.63) is 23.5 Å². The van der Waals surface area contributed by atoms with Crippen LogP contribution in [0.2, 0.25) is 5.02 Å². The van der Waals surface area contributed by atoms with Gasteiger partial charge in [-0.2, -0.15) is 14.6 Å². The molecule has 1 aliphatic heterocycles. The minimum absolute atomic E-state index is 0.134. The highest BCUT2D eigenvalue weighted by atomic mass is 35.5. The summed E-state index contributed by atoms with van der Waals surface area (Å²) in [6.45, 7) is 2.80. The third kappa shape index (κ3) is 3.11. The molecule has 1 aliphatic rings. The highest BCUT2D eigenvalue weighted by Gasteiger charge is 2.54. The van der Waals surface area contributed by atoms with Gasteiger partial charge in [-0.3, -0.25) is 0 Å². The molecule has 0 N–H and O–H groups in total. The molecule has 154 valence electrons. The Hall–Kier alpha value is -2.75. The number of nitrogens with zero attached hydrogens (tertiary/aromatic N) is 6. The summed E-state index contributed by atoms with van der Waals surface area (Å²) in [4.78, 5) is 14.4. The second kappa shape index (κ2) is 6.65. The van der Waals surface area contributed by atoms with E-state index in [1.165, 1.54) is 31.1 Å². The van der Waals surface area contributed by atoms with Crippen LogP contribution < -0.4 is 14.4 Å². The maximum atomic E-state index is 14.5. The second-order valence-corrected chi connectivity index (χ2v) is 7.86. The van der Waals surface area contributed by atoms with Crippen molar-refractivity contribution in [2.45, 2.75) is 19.8 Å². The minimum Gasteiger partial charge on any atom is -0.480 e. The first-order chi connectivity index (χ1) is 13.7. The largest absolute Gasteiger partial charge is 0.480 e. The van der Waals surface area contributed by atoms with Gasteiger partial charge in [0, 0.05) is 24.2 Å². The predicted octanol–water partition coefficient (Wildman–Crippen LogP) is 3.34. The highest BCUT2D eigenvalue weighted by molar-refractivity contribution is 6.33. The zero-order valence-corrected chi connectivity index (χ0v) is 17.0. The minimum atomic E-state index is -2.86. The molecule has 29 heavy (non-hydrogen) atoms. The topological polar surface area (TPSA) is 77.7 Å². The molecule has 4 heterocycles. The monoisotopic (exact) mass is 424 g/mol. The van der Waals surface area contributed by atoms with Gasteiger partial charge in [-0.05, 0) is 0 Å². The van der Waals surface area contributed by atoms with Crippen molar-refractivity contribution in [2.24, 2.45) is 5.41 Å². The molecule has 0 bridgehead atoms. The van der Waals surface area contributed by atoms with Crippen molar-refractivity contribution < 1.29 is 18.3 Å². The van der Waals surface area contributed by atoms with Gasteiger partial charge < -0.3 is 14.4 Å². The van der Waals surface area contributed by atoms with Crippen LogP contribution in [-0.4, -0.2) is 57.8 Å². The summed E-state index contributed by atoms with van der Waals surface area (Å²) in [7, 11) is 2.90. The molecule has 1 saturated heterocycles. The lowest BCUT2D eigenvalue weighted by Gasteiger charge is -2.24. The standard InChI is InChI=1S/C18H19ClF2N6O2/c1-17(2)8-26(9-18(17,20)21)13-5-12(24-14-11(19)7-23-27(13)14)10-6-22-16(29-4)25-15(10)28-3/h5-7H,8-9H2,1-4H3. The molecule has 0 aliphatic carbocycles. The number of hydrogen-bond acceptors (Lipinski definition) is 7. The van der Waals surface area contributed by atoms with Crippen LogP contribution in [0.4, 0.5) is 14.6 Å². The molecule has 0 aromatic carbocycles. The second-order valence-electron chi connectivity index (χ2n) is 7.45. The fourth-order valence-corrected chi connectivity index (χ4v) is 3.49. The number of fused-ring (bicyclic) bond motifs is 1. The van der Waals surface area contributed by atoms with E-state index < -0.39 is 17.9 Å². The third-order valence-corrected chi connectivity index (χ3v) is 5.35.